The lowest BCUT2D eigenvalue weighted by Gasteiger charge is -2.17. The average Bonchev–Trinajstić information content (AvgIpc) is 2.35. The van der Waals surface area contributed by atoms with Gasteiger partial charge in [-0.2, -0.15) is 0 Å². The summed E-state index contributed by atoms with van der Waals surface area (Å²) in [5.41, 5.74) is 1.24. The molecule has 1 heterocycles. The Morgan fingerprint density at radius 2 is 2.08 bits per heavy atom. The van der Waals surface area contributed by atoms with E-state index in [1.54, 1.807) is 6.26 Å². The molecular weight excluding hydrogens is 148 g/mol. The van der Waals surface area contributed by atoms with Crippen LogP contribution < -0.4 is 0 Å². The van der Waals surface area contributed by atoms with E-state index < -0.39 is 0 Å². The summed E-state index contributed by atoms with van der Waals surface area (Å²) < 4.78 is 5.43. The van der Waals surface area contributed by atoms with Crippen LogP contribution >= 0.6 is 0 Å². The largest absolute Gasteiger partial charge is 0.468 e. The van der Waals surface area contributed by atoms with E-state index in [9.17, 15) is 0 Å². The van der Waals surface area contributed by atoms with Crippen molar-refractivity contribution in [1.82, 2.24) is 0 Å². The molecule has 0 saturated carbocycles. The number of hydrogen-bond acceptors (Lipinski definition) is 1. The van der Waals surface area contributed by atoms with Crippen molar-refractivity contribution in [2.75, 3.05) is 0 Å². The van der Waals surface area contributed by atoms with Crippen LogP contribution in [0.5, 0.6) is 0 Å². The monoisotopic (exact) mass is 164 g/mol. The second-order valence-corrected chi connectivity index (χ2v) is 3.65. The molecule has 1 nitrogen and oxygen atoms in total. The molecule has 0 saturated heterocycles. The van der Waals surface area contributed by atoms with Crippen molar-refractivity contribution in [3.8, 4) is 0 Å². The fraction of sp³-hybridized carbons (Fsp3) is 0.455. The Kier molecular flexibility index (Phi) is 2.41. The van der Waals surface area contributed by atoms with Crippen molar-refractivity contribution >= 4 is 0 Å². The zero-order valence-corrected chi connectivity index (χ0v) is 8.22. The molecule has 66 valence electrons. The molecule has 0 N–H and O–H groups in total. The summed E-state index contributed by atoms with van der Waals surface area (Å²) in [6, 6.07) is 2.00. The van der Waals surface area contributed by atoms with Crippen molar-refractivity contribution in [3.05, 3.63) is 35.8 Å². The summed E-state index contributed by atoms with van der Waals surface area (Å²) in [5.74, 6) is 1.06. The lowest BCUT2D eigenvalue weighted by atomic mass is 9.88. The number of furan rings is 1. The van der Waals surface area contributed by atoms with Gasteiger partial charge in [-0.15, -0.1) is 0 Å². The molecule has 0 amide bonds. The van der Waals surface area contributed by atoms with Gasteiger partial charge < -0.3 is 4.42 Å². The molecule has 0 aliphatic heterocycles. The van der Waals surface area contributed by atoms with Crippen LogP contribution in [-0.4, -0.2) is 0 Å². The molecule has 0 fully saturated rings. The van der Waals surface area contributed by atoms with Gasteiger partial charge in [0.2, 0.25) is 0 Å². The minimum Gasteiger partial charge on any atom is -0.468 e. The molecule has 0 radical (unpaired) electrons. The van der Waals surface area contributed by atoms with Gasteiger partial charge >= 0.3 is 0 Å². The van der Waals surface area contributed by atoms with E-state index in [1.165, 1.54) is 5.56 Å². The van der Waals surface area contributed by atoms with Crippen molar-refractivity contribution in [2.24, 2.45) is 0 Å². The maximum atomic E-state index is 5.43. The highest BCUT2D eigenvalue weighted by Gasteiger charge is 2.21. The van der Waals surface area contributed by atoms with E-state index in [4.69, 9.17) is 4.42 Å². The second-order valence-electron chi connectivity index (χ2n) is 3.65. The molecule has 0 spiro atoms. The van der Waals surface area contributed by atoms with E-state index in [1.807, 2.05) is 13.0 Å². The van der Waals surface area contributed by atoms with Gasteiger partial charge in [-0.25, -0.2) is 0 Å². The highest BCUT2D eigenvalue weighted by atomic mass is 16.3. The normalized spacial score (nSPS) is 12.7. The number of allylic oxidation sites excluding steroid dienone is 2. The van der Waals surface area contributed by atoms with Gasteiger partial charge in [0.1, 0.15) is 5.76 Å². The Hall–Kier alpha value is -0.980. The fourth-order valence-corrected chi connectivity index (χ4v) is 1.53. The SMILES string of the molecule is CC=CC(C)(C)c1occc1C. The van der Waals surface area contributed by atoms with Crippen molar-refractivity contribution in [2.45, 2.75) is 33.1 Å². The highest BCUT2D eigenvalue weighted by Crippen LogP contribution is 2.28. The first kappa shape index (κ1) is 9.11. The first-order valence-electron chi connectivity index (χ1n) is 4.26. The molecule has 0 atom stereocenters. The smallest absolute Gasteiger partial charge is 0.116 e. The maximum absolute atomic E-state index is 5.43. The van der Waals surface area contributed by atoms with Crippen LogP contribution in [0.3, 0.4) is 0 Å². The molecule has 1 heteroatoms. The molecule has 0 unspecified atom stereocenters. The number of hydrogen-bond donors (Lipinski definition) is 0. The van der Waals surface area contributed by atoms with Crippen LogP contribution in [0.2, 0.25) is 0 Å². The summed E-state index contributed by atoms with van der Waals surface area (Å²) in [6.45, 7) is 8.40. The van der Waals surface area contributed by atoms with Crippen molar-refractivity contribution < 1.29 is 4.42 Å². The Bertz CT molecular complexity index is 279. The third kappa shape index (κ3) is 1.60. The summed E-state index contributed by atoms with van der Waals surface area (Å²) in [5, 5.41) is 0. The van der Waals surface area contributed by atoms with Crippen LogP contribution in [0.1, 0.15) is 32.1 Å². The van der Waals surface area contributed by atoms with Gasteiger partial charge in [-0.1, -0.05) is 12.2 Å². The zero-order valence-electron chi connectivity index (χ0n) is 8.22. The van der Waals surface area contributed by atoms with Gasteiger partial charge in [0.15, 0.2) is 0 Å². The molecule has 1 aromatic rings. The molecule has 0 bridgehead atoms. The molecule has 1 aromatic heterocycles. The topological polar surface area (TPSA) is 13.1 Å². The highest BCUT2D eigenvalue weighted by molar-refractivity contribution is 5.27. The molecular formula is C11H16O. The second kappa shape index (κ2) is 3.18. The van der Waals surface area contributed by atoms with Gasteiger partial charge in [-0.05, 0) is 39.3 Å². The van der Waals surface area contributed by atoms with E-state index in [2.05, 4.69) is 32.9 Å². The summed E-state index contributed by atoms with van der Waals surface area (Å²) in [7, 11) is 0. The van der Waals surface area contributed by atoms with E-state index >= 15 is 0 Å². The quantitative estimate of drug-likeness (QED) is 0.610. The predicted octanol–water partition coefficient (Wildman–Crippen LogP) is 3.44. The lowest BCUT2D eigenvalue weighted by Crippen LogP contribution is -2.13. The molecule has 12 heavy (non-hydrogen) atoms. The number of aryl methyl sites for hydroxylation is 1. The van der Waals surface area contributed by atoms with Crippen molar-refractivity contribution in [3.63, 3.8) is 0 Å². The fourth-order valence-electron chi connectivity index (χ4n) is 1.53. The van der Waals surface area contributed by atoms with Crippen LogP contribution in [0.25, 0.3) is 0 Å². The first-order valence-corrected chi connectivity index (χ1v) is 4.26. The minimum atomic E-state index is 0.0162. The molecule has 0 aliphatic carbocycles. The Morgan fingerprint density at radius 1 is 1.42 bits per heavy atom. The predicted molar refractivity (Wildman–Crippen MR) is 51.3 cm³/mol. The lowest BCUT2D eigenvalue weighted by molar-refractivity contribution is 0.434. The average molecular weight is 164 g/mol. The van der Waals surface area contributed by atoms with Gasteiger partial charge in [0, 0.05) is 5.41 Å². The summed E-state index contributed by atoms with van der Waals surface area (Å²) in [4.78, 5) is 0. The van der Waals surface area contributed by atoms with Crippen LogP contribution in [0, 0.1) is 6.92 Å². The number of rotatable bonds is 2. The van der Waals surface area contributed by atoms with Crippen molar-refractivity contribution in [1.29, 1.82) is 0 Å². The Balaban J connectivity index is 3.04. The Morgan fingerprint density at radius 3 is 2.50 bits per heavy atom. The summed E-state index contributed by atoms with van der Waals surface area (Å²) in [6.07, 6.45) is 5.96. The van der Waals surface area contributed by atoms with Crippen LogP contribution in [0.15, 0.2) is 28.9 Å². The van der Waals surface area contributed by atoms with E-state index in [-0.39, 0.29) is 5.41 Å². The first-order chi connectivity index (χ1) is 5.58. The van der Waals surface area contributed by atoms with Gasteiger partial charge in [0.05, 0.1) is 6.26 Å². The molecule has 1 rings (SSSR count). The van der Waals surface area contributed by atoms with Crippen LogP contribution in [0.4, 0.5) is 0 Å². The third-order valence-electron chi connectivity index (χ3n) is 2.03. The molecule has 0 aromatic carbocycles. The van der Waals surface area contributed by atoms with E-state index in [0.29, 0.717) is 0 Å². The van der Waals surface area contributed by atoms with Crippen LogP contribution in [-0.2, 0) is 5.41 Å². The standard InChI is InChI=1S/C11H16O/c1-5-7-11(3,4)10-9(2)6-8-12-10/h5-8H,1-4H3. The van der Waals surface area contributed by atoms with Gasteiger partial charge in [0.25, 0.3) is 0 Å². The summed E-state index contributed by atoms with van der Waals surface area (Å²) >= 11 is 0. The Labute approximate surface area is 74.1 Å². The zero-order chi connectivity index (χ0) is 9.19. The minimum absolute atomic E-state index is 0.0162. The third-order valence-corrected chi connectivity index (χ3v) is 2.03. The maximum Gasteiger partial charge on any atom is 0.116 e. The molecule has 0 aliphatic rings. The van der Waals surface area contributed by atoms with E-state index in [0.717, 1.165) is 5.76 Å². The van der Waals surface area contributed by atoms with Gasteiger partial charge in [-0.3, -0.25) is 0 Å².